The van der Waals surface area contributed by atoms with E-state index in [4.69, 9.17) is 11.5 Å². The number of hydrogen-bond acceptors (Lipinski definition) is 1. The summed E-state index contributed by atoms with van der Waals surface area (Å²) in [7, 11) is 0. The van der Waals surface area contributed by atoms with Crippen molar-refractivity contribution in [2.75, 3.05) is 6.54 Å². The standard InChI is InChI=1S/C5H9N2O/c6-3-5(1-2-5)4(7)8/h6H,1-3H2,(H2,7,8). The van der Waals surface area contributed by atoms with E-state index < -0.39 is 5.41 Å². The summed E-state index contributed by atoms with van der Waals surface area (Å²) < 4.78 is 0. The van der Waals surface area contributed by atoms with E-state index in [1.807, 2.05) is 0 Å². The lowest BCUT2D eigenvalue weighted by atomic mass is 10.1. The lowest BCUT2D eigenvalue weighted by Gasteiger charge is -2.02. The Balaban J connectivity index is 2.53. The van der Waals surface area contributed by atoms with Crippen molar-refractivity contribution in [3.63, 3.8) is 0 Å². The van der Waals surface area contributed by atoms with Crippen molar-refractivity contribution in [2.24, 2.45) is 11.1 Å². The summed E-state index contributed by atoms with van der Waals surface area (Å²) >= 11 is 0. The van der Waals surface area contributed by atoms with Crippen LogP contribution in [0.5, 0.6) is 0 Å². The quantitative estimate of drug-likeness (QED) is 0.517. The molecule has 1 aliphatic carbocycles. The Morgan fingerprint density at radius 1 is 1.75 bits per heavy atom. The predicted octanol–water partition coefficient (Wildman–Crippen LogP) is -0.465. The summed E-state index contributed by atoms with van der Waals surface area (Å²) in [5.74, 6) is -0.299. The van der Waals surface area contributed by atoms with Gasteiger partial charge in [0.2, 0.25) is 5.91 Å². The summed E-state index contributed by atoms with van der Waals surface area (Å²) in [6, 6.07) is 0. The number of carbonyl (C=O) groups excluding carboxylic acids is 1. The maximum atomic E-state index is 10.4. The summed E-state index contributed by atoms with van der Waals surface area (Å²) in [5, 5.41) is 0. The van der Waals surface area contributed by atoms with Crippen LogP contribution in [0.15, 0.2) is 0 Å². The van der Waals surface area contributed by atoms with Crippen LogP contribution in [-0.2, 0) is 4.79 Å². The zero-order chi connectivity index (χ0) is 6.20. The fourth-order valence-corrected chi connectivity index (χ4v) is 0.661. The molecule has 8 heavy (non-hydrogen) atoms. The van der Waals surface area contributed by atoms with Gasteiger partial charge in [0.15, 0.2) is 0 Å². The number of nitrogens with one attached hydrogen (secondary N) is 1. The molecule has 1 aliphatic rings. The first-order valence-electron chi connectivity index (χ1n) is 2.66. The first-order valence-corrected chi connectivity index (χ1v) is 2.66. The first kappa shape index (κ1) is 5.56. The Labute approximate surface area is 48.0 Å². The lowest BCUT2D eigenvalue weighted by molar-refractivity contribution is -0.122. The highest BCUT2D eigenvalue weighted by Crippen LogP contribution is 2.44. The third kappa shape index (κ3) is 0.591. The fraction of sp³-hybridized carbons (Fsp3) is 0.800. The second kappa shape index (κ2) is 1.45. The highest BCUT2D eigenvalue weighted by Gasteiger charge is 2.47. The van der Waals surface area contributed by atoms with Crippen LogP contribution in [0.3, 0.4) is 0 Å². The van der Waals surface area contributed by atoms with E-state index in [0.717, 1.165) is 12.8 Å². The van der Waals surface area contributed by atoms with Gasteiger partial charge in [-0.05, 0) is 12.8 Å². The van der Waals surface area contributed by atoms with Crippen molar-refractivity contribution in [1.29, 1.82) is 0 Å². The molecule has 3 heteroatoms. The van der Waals surface area contributed by atoms with Gasteiger partial charge in [0, 0.05) is 6.54 Å². The number of nitrogens with two attached hydrogens (primary N) is 1. The van der Waals surface area contributed by atoms with E-state index in [2.05, 4.69) is 0 Å². The molecular weight excluding hydrogens is 104 g/mol. The molecule has 0 bridgehead atoms. The average Bonchev–Trinajstić information content (AvgIpc) is 2.44. The van der Waals surface area contributed by atoms with Crippen LogP contribution in [-0.4, -0.2) is 12.5 Å². The van der Waals surface area contributed by atoms with Crippen LogP contribution in [0.1, 0.15) is 12.8 Å². The van der Waals surface area contributed by atoms with Crippen LogP contribution < -0.4 is 11.5 Å². The molecule has 0 aromatic carbocycles. The van der Waals surface area contributed by atoms with E-state index in [9.17, 15) is 4.79 Å². The highest BCUT2D eigenvalue weighted by molar-refractivity contribution is 5.83. The minimum Gasteiger partial charge on any atom is -0.369 e. The Morgan fingerprint density at radius 2 is 2.25 bits per heavy atom. The summed E-state index contributed by atoms with van der Waals surface area (Å²) in [6.45, 7) is 0.169. The van der Waals surface area contributed by atoms with Crippen LogP contribution in [0.2, 0.25) is 0 Å². The number of rotatable bonds is 2. The zero-order valence-corrected chi connectivity index (χ0v) is 4.61. The first-order chi connectivity index (χ1) is 3.71. The highest BCUT2D eigenvalue weighted by atomic mass is 16.1. The van der Waals surface area contributed by atoms with Crippen molar-refractivity contribution in [2.45, 2.75) is 12.8 Å². The van der Waals surface area contributed by atoms with Gasteiger partial charge >= 0.3 is 0 Å². The molecule has 0 aromatic heterocycles. The van der Waals surface area contributed by atoms with E-state index >= 15 is 0 Å². The largest absolute Gasteiger partial charge is 0.369 e. The van der Waals surface area contributed by atoms with Crippen molar-refractivity contribution in [3.05, 3.63) is 0 Å². The molecular formula is C5H9N2O. The molecule has 1 rings (SSSR count). The minimum atomic E-state index is -0.403. The zero-order valence-electron chi connectivity index (χ0n) is 4.61. The van der Waals surface area contributed by atoms with E-state index in [0.29, 0.717) is 0 Å². The summed E-state index contributed by atoms with van der Waals surface area (Å²) in [6.07, 6.45) is 1.65. The van der Waals surface area contributed by atoms with Gasteiger partial charge in [-0.3, -0.25) is 10.5 Å². The molecule has 0 spiro atoms. The molecule has 0 saturated heterocycles. The maximum Gasteiger partial charge on any atom is 0.224 e. The number of hydrogen-bond donors (Lipinski definition) is 1. The fourth-order valence-electron chi connectivity index (χ4n) is 0.661. The molecule has 1 saturated carbocycles. The van der Waals surface area contributed by atoms with Gasteiger partial charge in [0.1, 0.15) is 0 Å². The normalized spacial score (nSPS) is 22.6. The van der Waals surface area contributed by atoms with Crippen molar-refractivity contribution < 1.29 is 4.79 Å². The molecule has 1 radical (unpaired) electrons. The number of amides is 1. The molecule has 0 unspecified atom stereocenters. The van der Waals surface area contributed by atoms with Gasteiger partial charge in [-0.25, -0.2) is 0 Å². The molecule has 1 fully saturated rings. The predicted molar refractivity (Wildman–Crippen MR) is 28.8 cm³/mol. The third-order valence-corrected chi connectivity index (χ3v) is 1.71. The molecule has 0 heterocycles. The van der Waals surface area contributed by atoms with Gasteiger partial charge in [0.05, 0.1) is 5.41 Å². The Hall–Kier alpha value is -0.570. The van der Waals surface area contributed by atoms with Gasteiger partial charge in [-0.1, -0.05) is 0 Å². The molecule has 0 aliphatic heterocycles. The Morgan fingerprint density at radius 3 is 2.25 bits per heavy atom. The van der Waals surface area contributed by atoms with Gasteiger partial charge in [-0.2, -0.15) is 0 Å². The topological polar surface area (TPSA) is 66.9 Å². The second-order valence-corrected chi connectivity index (χ2v) is 2.32. The van der Waals surface area contributed by atoms with E-state index in [1.165, 1.54) is 0 Å². The van der Waals surface area contributed by atoms with Gasteiger partial charge in [-0.15, -0.1) is 0 Å². The Bertz CT molecular complexity index is 118. The monoisotopic (exact) mass is 113 g/mol. The van der Waals surface area contributed by atoms with E-state index in [1.54, 1.807) is 0 Å². The van der Waals surface area contributed by atoms with Crippen LogP contribution in [0.25, 0.3) is 0 Å². The maximum absolute atomic E-state index is 10.4. The van der Waals surface area contributed by atoms with Crippen LogP contribution >= 0.6 is 0 Å². The van der Waals surface area contributed by atoms with Crippen molar-refractivity contribution >= 4 is 5.91 Å². The molecule has 0 aromatic rings. The van der Waals surface area contributed by atoms with Gasteiger partial charge in [0.25, 0.3) is 0 Å². The lowest BCUT2D eigenvalue weighted by Crippen LogP contribution is -2.28. The molecule has 45 valence electrons. The number of carbonyl (C=O) groups is 1. The Kier molecular flexibility index (Phi) is 1.01. The van der Waals surface area contributed by atoms with Crippen LogP contribution in [0.4, 0.5) is 0 Å². The van der Waals surface area contributed by atoms with Gasteiger partial charge < -0.3 is 5.73 Å². The summed E-state index contributed by atoms with van der Waals surface area (Å²) in [4.78, 5) is 10.4. The molecule has 0 atom stereocenters. The summed E-state index contributed by atoms with van der Waals surface area (Å²) in [5.41, 5.74) is 11.5. The van der Waals surface area contributed by atoms with Crippen molar-refractivity contribution in [3.8, 4) is 0 Å². The number of primary amides is 1. The minimum absolute atomic E-state index is 0.169. The van der Waals surface area contributed by atoms with Crippen LogP contribution in [0, 0.1) is 5.41 Å². The third-order valence-electron chi connectivity index (χ3n) is 1.71. The average molecular weight is 113 g/mol. The molecule has 1 amide bonds. The molecule has 3 nitrogen and oxygen atoms in total. The van der Waals surface area contributed by atoms with Crippen molar-refractivity contribution in [1.82, 2.24) is 5.73 Å². The second-order valence-electron chi connectivity index (χ2n) is 2.32. The smallest absolute Gasteiger partial charge is 0.224 e. The van der Waals surface area contributed by atoms with E-state index in [-0.39, 0.29) is 12.5 Å². The SMILES string of the molecule is [NH]CC1(C(N)=O)CC1. The molecule has 3 N–H and O–H groups in total.